The second-order valence-corrected chi connectivity index (χ2v) is 7.13. The molecule has 2 heterocycles. The minimum atomic E-state index is -0.0714. The molecular weight excluding hydrogens is 326 g/mol. The van der Waals surface area contributed by atoms with Crippen LogP contribution in [0.25, 0.3) is 10.9 Å². The molecule has 1 unspecified atom stereocenters. The average molecular weight is 349 g/mol. The Morgan fingerprint density at radius 3 is 2.88 bits per heavy atom. The lowest BCUT2D eigenvalue weighted by Crippen LogP contribution is -2.25. The zero-order valence-electron chi connectivity index (χ0n) is 15.2. The smallest absolute Gasteiger partial charge is 0.232 e. The number of fused-ring (bicyclic) bond motifs is 2. The van der Waals surface area contributed by atoms with Gasteiger partial charge in [0.1, 0.15) is 6.33 Å². The Bertz CT molecular complexity index is 996. The van der Waals surface area contributed by atoms with Crippen LogP contribution >= 0.6 is 0 Å². The number of hydrogen-bond donors (Lipinski definition) is 0. The van der Waals surface area contributed by atoms with E-state index >= 15 is 0 Å². The molecule has 134 valence electrons. The Hall–Kier alpha value is -2.69. The van der Waals surface area contributed by atoms with Gasteiger partial charge in [0.2, 0.25) is 5.91 Å². The summed E-state index contributed by atoms with van der Waals surface area (Å²) in [5.41, 5.74) is 3.75. The number of nitrogens with zero attached hydrogens (tertiary/aromatic N) is 3. The number of imidazole rings is 1. The third-order valence-electron chi connectivity index (χ3n) is 5.39. The molecule has 0 saturated carbocycles. The highest BCUT2D eigenvalue weighted by molar-refractivity contribution is 6.09. The number of aromatic nitrogens is 3. The van der Waals surface area contributed by atoms with Crippen LogP contribution in [0, 0.1) is 5.92 Å². The molecule has 3 aromatic rings. The first-order chi connectivity index (χ1) is 12.6. The zero-order chi connectivity index (χ0) is 18.3. The number of para-hydroxylation sites is 1. The Morgan fingerprint density at radius 2 is 2.08 bits per heavy atom. The number of aryl methyl sites for hydroxylation is 1. The number of rotatable bonds is 4. The predicted molar refractivity (Wildman–Crippen MR) is 101 cm³/mol. The van der Waals surface area contributed by atoms with Crippen LogP contribution in [0.4, 0.5) is 0 Å². The lowest BCUT2D eigenvalue weighted by molar-refractivity contribution is 0.0896. The van der Waals surface area contributed by atoms with Gasteiger partial charge in [0, 0.05) is 54.2 Å². The number of benzene rings is 1. The highest BCUT2D eigenvalue weighted by atomic mass is 16.2. The quantitative estimate of drug-likeness (QED) is 0.673. The van der Waals surface area contributed by atoms with E-state index in [0.29, 0.717) is 12.8 Å². The molecule has 1 aliphatic carbocycles. The molecule has 5 nitrogen and oxygen atoms in total. The normalized spacial score (nSPS) is 16.6. The minimum Gasteiger partial charge on any atom is -0.350 e. The van der Waals surface area contributed by atoms with E-state index in [1.54, 1.807) is 10.9 Å². The molecule has 0 radical (unpaired) electrons. The van der Waals surface area contributed by atoms with Gasteiger partial charge < -0.3 is 4.57 Å². The summed E-state index contributed by atoms with van der Waals surface area (Å²) in [6.07, 6.45) is 7.03. The van der Waals surface area contributed by atoms with E-state index in [2.05, 4.69) is 4.98 Å². The molecular formula is C21H23N3O2. The van der Waals surface area contributed by atoms with Crippen molar-refractivity contribution in [3.8, 4) is 0 Å². The fourth-order valence-corrected chi connectivity index (χ4v) is 4.02. The van der Waals surface area contributed by atoms with Crippen LogP contribution in [0.15, 0.2) is 36.8 Å². The lowest BCUT2D eigenvalue weighted by Gasteiger charge is -2.21. The van der Waals surface area contributed by atoms with Gasteiger partial charge in [-0.3, -0.25) is 14.2 Å². The summed E-state index contributed by atoms with van der Waals surface area (Å²) in [4.78, 5) is 29.8. The summed E-state index contributed by atoms with van der Waals surface area (Å²) in [5, 5.41) is 1.01. The van der Waals surface area contributed by atoms with Crippen LogP contribution in [0.3, 0.4) is 0 Å². The molecule has 0 spiro atoms. The minimum absolute atomic E-state index is 0.0714. The average Bonchev–Trinajstić information content (AvgIpc) is 3.22. The largest absolute Gasteiger partial charge is 0.350 e. The Kier molecular flexibility index (Phi) is 4.23. The number of hydrogen-bond acceptors (Lipinski definition) is 3. The number of Topliss-reactive ketones (excluding diaryl/α,β-unsaturated/α-hetero) is 1. The van der Waals surface area contributed by atoms with Gasteiger partial charge in [0.05, 0.1) is 5.69 Å². The van der Waals surface area contributed by atoms with Crippen LogP contribution < -0.4 is 0 Å². The molecule has 0 N–H and O–H groups in total. The van der Waals surface area contributed by atoms with E-state index < -0.39 is 0 Å². The van der Waals surface area contributed by atoms with Crippen LogP contribution in [0.5, 0.6) is 0 Å². The van der Waals surface area contributed by atoms with Gasteiger partial charge >= 0.3 is 0 Å². The number of carbonyl (C=O) groups excluding carboxylic acids is 2. The summed E-state index contributed by atoms with van der Waals surface area (Å²) < 4.78 is 3.70. The van der Waals surface area contributed by atoms with Crippen LogP contribution in [0.1, 0.15) is 52.7 Å². The third-order valence-corrected chi connectivity index (χ3v) is 5.39. The third kappa shape index (κ3) is 2.68. The number of ketones is 1. The molecule has 1 aromatic carbocycles. The van der Waals surface area contributed by atoms with E-state index in [0.717, 1.165) is 47.1 Å². The summed E-state index contributed by atoms with van der Waals surface area (Å²) in [6, 6.07) is 8.00. The summed E-state index contributed by atoms with van der Waals surface area (Å²) in [7, 11) is 1.97. The van der Waals surface area contributed by atoms with Crippen molar-refractivity contribution >= 4 is 22.6 Å². The lowest BCUT2D eigenvalue weighted by atomic mass is 9.84. The molecule has 2 aromatic heterocycles. The fourth-order valence-electron chi connectivity index (χ4n) is 4.02. The van der Waals surface area contributed by atoms with Crippen LogP contribution in [-0.4, -0.2) is 25.8 Å². The van der Waals surface area contributed by atoms with Gasteiger partial charge in [-0.1, -0.05) is 25.1 Å². The molecule has 0 saturated heterocycles. The van der Waals surface area contributed by atoms with Gasteiger partial charge in [-0.25, -0.2) is 4.98 Å². The second kappa shape index (κ2) is 6.56. The standard InChI is InChI=1S/C21H23N3O2/c1-3-6-20(25)24-13-22-17-11-14(9-10-19(17)24)21(26)16-12-23(2)18-8-5-4-7-15(16)18/h4-5,7-8,12-14H,3,6,9-11H2,1-2H3. The van der Waals surface area contributed by atoms with Crippen molar-refractivity contribution < 1.29 is 9.59 Å². The topological polar surface area (TPSA) is 56.9 Å². The van der Waals surface area contributed by atoms with Gasteiger partial charge in [0.25, 0.3) is 0 Å². The molecule has 4 rings (SSSR count). The van der Waals surface area contributed by atoms with Gasteiger partial charge in [-0.15, -0.1) is 0 Å². The van der Waals surface area contributed by atoms with Crippen molar-refractivity contribution in [1.29, 1.82) is 0 Å². The van der Waals surface area contributed by atoms with E-state index in [1.165, 1.54) is 0 Å². The van der Waals surface area contributed by atoms with E-state index in [1.807, 2.05) is 49.0 Å². The van der Waals surface area contributed by atoms with E-state index in [4.69, 9.17) is 0 Å². The molecule has 1 atom stereocenters. The predicted octanol–water partition coefficient (Wildman–Crippen LogP) is 3.80. The molecule has 0 amide bonds. The van der Waals surface area contributed by atoms with Crippen LogP contribution in [0.2, 0.25) is 0 Å². The Balaban J connectivity index is 1.61. The van der Waals surface area contributed by atoms with Crippen molar-refractivity contribution in [2.24, 2.45) is 13.0 Å². The first-order valence-corrected chi connectivity index (χ1v) is 9.26. The van der Waals surface area contributed by atoms with Gasteiger partial charge in [0.15, 0.2) is 5.78 Å². The van der Waals surface area contributed by atoms with Gasteiger partial charge in [-0.05, 0) is 25.3 Å². The monoisotopic (exact) mass is 349 g/mol. The maximum Gasteiger partial charge on any atom is 0.232 e. The molecule has 0 bridgehead atoms. The highest BCUT2D eigenvalue weighted by Crippen LogP contribution is 2.30. The SMILES string of the molecule is CCCC(=O)n1cnc2c1CCC(C(=O)c1cn(C)c3ccccc13)C2. The molecule has 26 heavy (non-hydrogen) atoms. The summed E-state index contributed by atoms with van der Waals surface area (Å²) in [6.45, 7) is 2.00. The molecule has 1 aliphatic rings. The van der Waals surface area contributed by atoms with Crippen molar-refractivity contribution in [3.63, 3.8) is 0 Å². The van der Waals surface area contributed by atoms with Crippen LogP contribution in [-0.2, 0) is 19.9 Å². The van der Waals surface area contributed by atoms with Crippen molar-refractivity contribution in [3.05, 3.63) is 53.7 Å². The van der Waals surface area contributed by atoms with Gasteiger partial charge in [-0.2, -0.15) is 0 Å². The second-order valence-electron chi connectivity index (χ2n) is 7.13. The number of carbonyl (C=O) groups is 2. The summed E-state index contributed by atoms with van der Waals surface area (Å²) in [5.74, 6) is 0.208. The molecule has 5 heteroatoms. The Morgan fingerprint density at radius 1 is 1.27 bits per heavy atom. The maximum absolute atomic E-state index is 13.2. The highest BCUT2D eigenvalue weighted by Gasteiger charge is 2.30. The molecule has 0 fully saturated rings. The summed E-state index contributed by atoms with van der Waals surface area (Å²) >= 11 is 0. The van der Waals surface area contributed by atoms with Crippen molar-refractivity contribution in [2.75, 3.05) is 0 Å². The van der Waals surface area contributed by atoms with Crippen molar-refractivity contribution in [1.82, 2.24) is 14.1 Å². The Labute approximate surface area is 152 Å². The van der Waals surface area contributed by atoms with Crippen molar-refractivity contribution in [2.45, 2.75) is 39.0 Å². The molecule has 0 aliphatic heterocycles. The fraction of sp³-hybridized carbons (Fsp3) is 0.381. The van der Waals surface area contributed by atoms with E-state index in [-0.39, 0.29) is 17.6 Å². The van der Waals surface area contributed by atoms with E-state index in [9.17, 15) is 9.59 Å². The first kappa shape index (κ1) is 16.8. The first-order valence-electron chi connectivity index (χ1n) is 9.26. The maximum atomic E-state index is 13.2. The zero-order valence-corrected chi connectivity index (χ0v) is 15.2.